The van der Waals surface area contributed by atoms with E-state index in [0.29, 0.717) is 44.6 Å². The van der Waals surface area contributed by atoms with E-state index >= 15 is 4.39 Å². The third kappa shape index (κ3) is 5.16. The number of carbonyl (C=O) groups excluding carboxylic acids is 1. The number of hydrogen-bond acceptors (Lipinski definition) is 10. The van der Waals surface area contributed by atoms with Gasteiger partial charge in [-0.1, -0.05) is 35.5 Å². The summed E-state index contributed by atoms with van der Waals surface area (Å²) < 4.78 is 40.0. The fourth-order valence-electron chi connectivity index (χ4n) is 6.68. The van der Waals surface area contributed by atoms with Gasteiger partial charge in [-0.25, -0.2) is 24.1 Å². The summed E-state index contributed by atoms with van der Waals surface area (Å²) in [5.41, 5.74) is -0.0408. The van der Waals surface area contributed by atoms with Gasteiger partial charge in [0, 0.05) is 29.6 Å². The molecule has 1 amide bonds. The number of amides is 1. The van der Waals surface area contributed by atoms with Crippen LogP contribution in [0.2, 0.25) is 5.02 Å². The second kappa shape index (κ2) is 11.3. The van der Waals surface area contributed by atoms with Crippen LogP contribution in [0.25, 0.3) is 32.9 Å². The minimum absolute atomic E-state index is 0.0148. The largest absolute Gasteiger partial charge is 0.475 e. The van der Waals surface area contributed by atoms with Gasteiger partial charge in [-0.05, 0) is 63.5 Å². The van der Waals surface area contributed by atoms with E-state index < -0.39 is 11.4 Å². The highest BCUT2D eigenvalue weighted by Gasteiger charge is 2.51. The van der Waals surface area contributed by atoms with Crippen LogP contribution in [0.15, 0.2) is 35.5 Å². The lowest BCUT2D eigenvalue weighted by atomic mass is 9.99. The van der Waals surface area contributed by atoms with Gasteiger partial charge >= 0.3 is 6.09 Å². The second-order valence-electron chi connectivity index (χ2n) is 12.4. The molecule has 0 aliphatic carbocycles. The molecule has 10 nitrogen and oxygen atoms in total. The van der Waals surface area contributed by atoms with Crippen LogP contribution in [0, 0.1) is 5.82 Å². The van der Waals surface area contributed by atoms with Crippen molar-refractivity contribution in [2.24, 2.45) is 0 Å². The van der Waals surface area contributed by atoms with Crippen molar-refractivity contribution in [1.29, 1.82) is 0 Å². The van der Waals surface area contributed by atoms with Gasteiger partial charge in [-0.2, -0.15) is 0 Å². The van der Waals surface area contributed by atoms with Crippen LogP contribution >= 0.6 is 23.4 Å². The molecule has 2 aromatic carbocycles. The normalized spacial score (nSPS) is 20.6. The average molecular weight is 654 g/mol. The number of pyridine rings is 1. The zero-order valence-electron chi connectivity index (χ0n) is 25.6. The molecule has 0 spiro atoms. The van der Waals surface area contributed by atoms with Crippen LogP contribution in [0.1, 0.15) is 33.6 Å². The monoisotopic (exact) mass is 653 g/mol. The van der Waals surface area contributed by atoms with Gasteiger partial charge in [0.2, 0.25) is 5.88 Å². The summed E-state index contributed by atoms with van der Waals surface area (Å²) in [7, 11) is 1.53. The van der Waals surface area contributed by atoms with Gasteiger partial charge in [0.05, 0.1) is 18.1 Å². The number of anilines is 1. The summed E-state index contributed by atoms with van der Waals surface area (Å²) in [5.74, 6) is 0.635. The molecule has 0 radical (unpaired) electrons. The molecule has 4 aromatic rings. The molecule has 13 heteroatoms. The molecule has 2 aromatic heterocycles. The molecule has 3 atom stereocenters. The Balaban J connectivity index is 1.39. The number of fused-ring (bicyclic) bond motifs is 6. The van der Waals surface area contributed by atoms with E-state index in [2.05, 4.69) is 9.88 Å². The third-order valence-electron chi connectivity index (χ3n) is 8.46. The maximum atomic E-state index is 16.9. The van der Waals surface area contributed by atoms with Gasteiger partial charge in [-0.15, -0.1) is 0 Å². The highest BCUT2D eigenvalue weighted by Crippen LogP contribution is 2.46. The number of hydrogen-bond donors (Lipinski definition) is 0. The van der Waals surface area contributed by atoms with E-state index in [4.69, 9.17) is 40.5 Å². The lowest BCUT2D eigenvalue weighted by molar-refractivity contribution is 0.00539. The molecule has 45 heavy (non-hydrogen) atoms. The zero-order valence-corrected chi connectivity index (χ0v) is 27.2. The molecular formula is C32H33ClFN5O5S. The van der Waals surface area contributed by atoms with Gasteiger partial charge in [0.1, 0.15) is 40.4 Å². The first kappa shape index (κ1) is 30.1. The van der Waals surface area contributed by atoms with Gasteiger partial charge in [-0.3, -0.25) is 4.90 Å². The van der Waals surface area contributed by atoms with Crippen molar-refractivity contribution in [2.75, 3.05) is 38.2 Å². The fraction of sp³-hybridized carbons (Fsp3) is 0.438. The molecule has 5 heterocycles. The van der Waals surface area contributed by atoms with Crippen molar-refractivity contribution < 1.29 is 28.1 Å². The Kier molecular flexibility index (Phi) is 7.57. The molecule has 3 aliphatic rings. The topological polar surface area (TPSA) is 99.1 Å². The molecule has 236 valence electrons. The van der Waals surface area contributed by atoms with Crippen LogP contribution in [-0.2, 0) is 9.47 Å². The molecular weight excluding hydrogens is 621 g/mol. The number of carbonyl (C=O) groups is 1. The lowest BCUT2D eigenvalue weighted by Crippen LogP contribution is -2.63. The molecule has 7 rings (SSSR count). The zero-order chi connectivity index (χ0) is 31.6. The number of aromatic nitrogens is 3. The first-order chi connectivity index (χ1) is 21.6. The molecule has 0 saturated carbocycles. The molecule has 2 bridgehead atoms. The molecule has 2 fully saturated rings. The quantitative estimate of drug-likeness (QED) is 0.132. The Morgan fingerprint density at radius 2 is 1.98 bits per heavy atom. The molecule has 3 aliphatic heterocycles. The highest BCUT2D eigenvalue weighted by atomic mass is 35.5. The number of nitrogens with zero attached hydrogens (tertiary/aromatic N) is 5. The Morgan fingerprint density at radius 1 is 1.16 bits per heavy atom. The van der Waals surface area contributed by atoms with Crippen LogP contribution < -0.4 is 14.4 Å². The van der Waals surface area contributed by atoms with Crippen molar-refractivity contribution in [1.82, 2.24) is 19.9 Å². The number of methoxy groups -OCH3 is 1. The SMILES string of the molecule is COCOc1cc(-c2nc3c4c(nc(SC)nc4c2F)N2CC4CCC(C2CO3)N4C(=O)OC(C)(C)C)c2c(Cl)cccc2c1. The van der Waals surface area contributed by atoms with Crippen molar-refractivity contribution in [3.63, 3.8) is 0 Å². The first-order valence-corrected chi connectivity index (χ1v) is 16.4. The van der Waals surface area contributed by atoms with Crippen molar-refractivity contribution >= 4 is 56.9 Å². The van der Waals surface area contributed by atoms with Gasteiger partial charge in [0.15, 0.2) is 17.8 Å². The minimum Gasteiger partial charge on any atom is -0.475 e. The van der Waals surface area contributed by atoms with E-state index in [1.54, 1.807) is 12.1 Å². The molecule has 0 N–H and O–H groups in total. The van der Waals surface area contributed by atoms with Crippen LogP contribution in [0.5, 0.6) is 11.6 Å². The van der Waals surface area contributed by atoms with E-state index in [-0.39, 0.29) is 54.7 Å². The lowest BCUT2D eigenvalue weighted by Gasteiger charge is -2.46. The number of thioether (sulfide) groups is 1. The second-order valence-corrected chi connectivity index (χ2v) is 13.6. The Bertz CT molecular complexity index is 1840. The first-order valence-electron chi connectivity index (χ1n) is 14.8. The number of benzene rings is 2. The molecule has 2 saturated heterocycles. The van der Waals surface area contributed by atoms with Gasteiger partial charge in [0.25, 0.3) is 0 Å². The van der Waals surface area contributed by atoms with Crippen LogP contribution in [-0.4, -0.2) is 83.0 Å². The average Bonchev–Trinajstić information content (AvgIpc) is 3.24. The predicted molar refractivity (Wildman–Crippen MR) is 171 cm³/mol. The van der Waals surface area contributed by atoms with Crippen LogP contribution in [0.4, 0.5) is 15.0 Å². The van der Waals surface area contributed by atoms with E-state index in [0.717, 1.165) is 18.2 Å². The maximum Gasteiger partial charge on any atom is 0.410 e. The molecule has 3 unspecified atom stereocenters. The van der Waals surface area contributed by atoms with E-state index in [9.17, 15) is 4.79 Å². The Morgan fingerprint density at radius 3 is 2.73 bits per heavy atom. The summed E-state index contributed by atoms with van der Waals surface area (Å²) in [4.78, 5) is 31.7. The van der Waals surface area contributed by atoms with Crippen molar-refractivity contribution in [3.8, 4) is 22.9 Å². The fourth-order valence-corrected chi connectivity index (χ4v) is 7.33. The van der Waals surface area contributed by atoms with Crippen LogP contribution in [0.3, 0.4) is 0 Å². The standard InChI is InChI=1S/C32H33ClFN5O5S/c1-32(2,3)44-31(40)39-17-9-10-21(39)22-14-42-29-24-27(36-30(45-5)37-28(24)38(22)13-17)25(34)26(35-29)19-12-18(43-15-41-4)11-16-7-6-8-20(33)23(16)19/h6-8,11-12,17,21-22H,9-10,13-15H2,1-5H3. The Hall–Kier alpha value is -3.61. The minimum atomic E-state index is -0.618. The predicted octanol–water partition coefficient (Wildman–Crippen LogP) is 6.69. The maximum absolute atomic E-state index is 16.9. The number of halogens is 2. The summed E-state index contributed by atoms with van der Waals surface area (Å²) >= 11 is 8.03. The van der Waals surface area contributed by atoms with E-state index in [1.807, 2.05) is 50.1 Å². The summed E-state index contributed by atoms with van der Waals surface area (Å²) in [6, 6.07) is 8.49. The number of ether oxygens (including phenoxy) is 4. The number of rotatable bonds is 5. The Labute approximate surface area is 269 Å². The smallest absolute Gasteiger partial charge is 0.410 e. The number of piperazine rings is 1. The van der Waals surface area contributed by atoms with Crippen molar-refractivity contribution in [2.45, 2.75) is 62.5 Å². The van der Waals surface area contributed by atoms with Gasteiger partial charge < -0.3 is 23.8 Å². The van der Waals surface area contributed by atoms with Crippen molar-refractivity contribution in [3.05, 3.63) is 41.2 Å². The van der Waals surface area contributed by atoms with E-state index in [1.165, 1.54) is 18.9 Å². The third-order valence-corrected chi connectivity index (χ3v) is 9.32. The summed E-state index contributed by atoms with van der Waals surface area (Å²) in [6.45, 7) is 6.33. The summed E-state index contributed by atoms with van der Waals surface area (Å²) in [6.07, 6.45) is 3.14. The highest BCUT2D eigenvalue weighted by molar-refractivity contribution is 7.98. The summed E-state index contributed by atoms with van der Waals surface area (Å²) in [5, 5.41) is 2.64.